The standard InChI is InChI=1S/C14H19NOS/c1-9-8-12(15-10-6-7-10)11-4-3-5-13(16-2)14(11)17-9/h3-5,9-10,12,15H,6-8H2,1-2H3. The number of hydrogen-bond donors (Lipinski definition) is 1. The lowest BCUT2D eigenvalue weighted by molar-refractivity contribution is 0.397. The number of benzene rings is 1. The summed E-state index contributed by atoms with van der Waals surface area (Å²) in [6, 6.07) is 7.70. The van der Waals surface area contributed by atoms with Gasteiger partial charge in [-0.1, -0.05) is 19.1 Å². The molecule has 2 unspecified atom stereocenters. The van der Waals surface area contributed by atoms with Crippen LogP contribution >= 0.6 is 11.8 Å². The van der Waals surface area contributed by atoms with Crippen LogP contribution in [0.5, 0.6) is 5.75 Å². The van der Waals surface area contributed by atoms with Crippen LogP contribution in [-0.4, -0.2) is 18.4 Å². The van der Waals surface area contributed by atoms with E-state index in [9.17, 15) is 0 Å². The molecule has 92 valence electrons. The average molecular weight is 249 g/mol. The van der Waals surface area contributed by atoms with Crippen molar-refractivity contribution in [2.45, 2.75) is 48.4 Å². The van der Waals surface area contributed by atoms with E-state index >= 15 is 0 Å². The smallest absolute Gasteiger partial charge is 0.132 e. The number of nitrogens with one attached hydrogen (secondary N) is 1. The minimum atomic E-state index is 0.517. The summed E-state index contributed by atoms with van der Waals surface area (Å²) in [7, 11) is 1.76. The Morgan fingerprint density at radius 1 is 1.35 bits per heavy atom. The Kier molecular flexibility index (Phi) is 3.05. The van der Waals surface area contributed by atoms with Gasteiger partial charge in [0, 0.05) is 17.3 Å². The van der Waals surface area contributed by atoms with Crippen molar-refractivity contribution in [2.24, 2.45) is 0 Å². The van der Waals surface area contributed by atoms with Crippen molar-refractivity contribution in [3.8, 4) is 5.75 Å². The van der Waals surface area contributed by atoms with Gasteiger partial charge in [-0.3, -0.25) is 0 Å². The molecule has 1 aromatic carbocycles. The summed E-state index contributed by atoms with van der Waals surface area (Å²) in [5.41, 5.74) is 1.43. The van der Waals surface area contributed by atoms with Crippen molar-refractivity contribution >= 4 is 11.8 Å². The Hall–Kier alpha value is -0.670. The van der Waals surface area contributed by atoms with Crippen molar-refractivity contribution in [3.63, 3.8) is 0 Å². The zero-order valence-electron chi connectivity index (χ0n) is 10.4. The highest BCUT2D eigenvalue weighted by atomic mass is 32.2. The molecule has 17 heavy (non-hydrogen) atoms. The molecule has 3 rings (SSSR count). The first-order valence-corrected chi connectivity index (χ1v) is 7.25. The van der Waals surface area contributed by atoms with Crippen LogP contribution in [0.25, 0.3) is 0 Å². The Morgan fingerprint density at radius 2 is 2.18 bits per heavy atom. The van der Waals surface area contributed by atoms with E-state index in [0.717, 1.165) is 11.8 Å². The molecule has 1 heterocycles. The number of fused-ring (bicyclic) bond motifs is 1. The summed E-state index contributed by atoms with van der Waals surface area (Å²) < 4.78 is 5.48. The molecule has 1 aliphatic heterocycles. The molecule has 0 saturated heterocycles. The van der Waals surface area contributed by atoms with E-state index < -0.39 is 0 Å². The minimum absolute atomic E-state index is 0.517. The largest absolute Gasteiger partial charge is 0.496 e. The van der Waals surface area contributed by atoms with E-state index in [0.29, 0.717) is 11.3 Å². The van der Waals surface area contributed by atoms with Gasteiger partial charge in [-0.05, 0) is 30.9 Å². The Labute approximate surface area is 107 Å². The Bertz CT molecular complexity index is 417. The fourth-order valence-electron chi connectivity index (χ4n) is 2.49. The molecular weight excluding hydrogens is 230 g/mol. The predicted octanol–water partition coefficient (Wildman–Crippen LogP) is 3.37. The highest BCUT2D eigenvalue weighted by molar-refractivity contribution is 8.00. The summed E-state index contributed by atoms with van der Waals surface area (Å²) in [4.78, 5) is 1.34. The fourth-order valence-corrected chi connectivity index (χ4v) is 3.80. The topological polar surface area (TPSA) is 21.3 Å². The number of thioether (sulfide) groups is 1. The fraction of sp³-hybridized carbons (Fsp3) is 0.571. The van der Waals surface area contributed by atoms with Gasteiger partial charge < -0.3 is 10.1 Å². The maximum Gasteiger partial charge on any atom is 0.132 e. The van der Waals surface area contributed by atoms with Gasteiger partial charge >= 0.3 is 0 Å². The molecule has 0 aromatic heterocycles. The van der Waals surface area contributed by atoms with Gasteiger partial charge in [0.1, 0.15) is 5.75 Å². The van der Waals surface area contributed by atoms with Crippen molar-refractivity contribution in [1.29, 1.82) is 0 Å². The molecular formula is C14H19NOS. The highest BCUT2D eigenvalue weighted by Crippen LogP contribution is 2.46. The quantitative estimate of drug-likeness (QED) is 0.887. The molecule has 2 atom stereocenters. The monoisotopic (exact) mass is 249 g/mol. The Balaban J connectivity index is 1.93. The van der Waals surface area contributed by atoms with Crippen LogP contribution in [0.2, 0.25) is 0 Å². The third kappa shape index (κ3) is 2.31. The maximum absolute atomic E-state index is 5.48. The lowest BCUT2D eigenvalue weighted by Gasteiger charge is -2.31. The van der Waals surface area contributed by atoms with E-state index in [1.165, 1.54) is 29.7 Å². The molecule has 1 saturated carbocycles. The summed E-state index contributed by atoms with van der Waals surface area (Å²) in [5, 5.41) is 4.42. The molecule has 3 heteroatoms. The summed E-state index contributed by atoms with van der Waals surface area (Å²) in [6.07, 6.45) is 3.91. The number of rotatable bonds is 3. The third-order valence-corrected chi connectivity index (χ3v) is 4.77. The van der Waals surface area contributed by atoms with E-state index in [2.05, 4.69) is 30.4 Å². The first-order chi connectivity index (χ1) is 8.28. The predicted molar refractivity (Wildman–Crippen MR) is 71.8 cm³/mol. The van der Waals surface area contributed by atoms with Crippen molar-refractivity contribution in [2.75, 3.05) is 7.11 Å². The molecule has 2 nitrogen and oxygen atoms in total. The number of hydrogen-bond acceptors (Lipinski definition) is 3. The van der Waals surface area contributed by atoms with Gasteiger partial charge in [-0.2, -0.15) is 0 Å². The van der Waals surface area contributed by atoms with Gasteiger partial charge in [0.05, 0.1) is 12.0 Å². The van der Waals surface area contributed by atoms with Crippen LogP contribution in [0.1, 0.15) is 37.8 Å². The first-order valence-electron chi connectivity index (χ1n) is 6.37. The van der Waals surface area contributed by atoms with Gasteiger partial charge in [-0.25, -0.2) is 0 Å². The van der Waals surface area contributed by atoms with Crippen molar-refractivity contribution in [1.82, 2.24) is 5.32 Å². The SMILES string of the molecule is COc1cccc2c1SC(C)CC2NC1CC1. The zero-order valence-corrected chi connectivity index (χ0v) is 11.2. The third-order valence-electron chi connectivity index (χ3n) is 3.51. The molecule has 1 aromatic rings. The van der Waals surface area contributed by atoms with Crippen LogP contribution in [0.3, 0.4) is 0 Å². The van der Waals surface area contributed by atoms with Crippen LogP contribution in [0.15, 0.2) is 23.1 Å². The second-order valence-corrected chi connectivity index (χ2v) is 6.49. The van der Waals surface area contributed by atoms with Gasteiger partial charge in [0.25, 0.3) is 0 Å². The van der Waals surface area contributed by atoms with E-state index in [1.807, 2.05) is 11.8 Å². The summed E-state index contributed by atoms with van der Waals surface area (Å²) in [5.74, 6) is 1.03. The van der Waals surface area contributed by atoms with E-state index in [1.54, 1.807) is 7.11 Å². The van der Waals surface area contributed by atoms with E-state index in [-0.39, 0.29) is 0 Å². The highest BCUT2D eigenvalue weighted by Gasteiger charge is 2.31. The van der Waals surface area contributed by atoms with Crippen LogP contribution in [-0.2, 0) is 0 Å². The van der Waals surface area contributed by atoms with Crippen molar-refractivity contribution in [3.05, 3.63) is 23.8 Å². The molecule has 1 fully saturated rings. The number of ether oxygens (including phenoxy) is 1. The lowest BCUT2D eigenvalue weighted by atomic mass is 10.0. The van der Waals surface area contributed by atoms with Gasteiger partial charge in [0.2, 0.25) is 0 Å². The molecule has 1 aliphatic carbocycles. The average Bonchev–Trinajstić information content (AvgIpc) is 3.12. The van der Waals surface area contributed by atoms with Crippen LogP contribution in [0.4, 0.5) is 0 Å². The molecule has 0 amide bonds. The molecule has 0 radical (unpaired) electrons. The molecule has 1 N–H and O–H groups in total. The lowest BCUT2D eigenvalue weighted by Crippen LogP contribution is -2.28. The second kappa shape index (κ2) is 4.54. The number of methoxy groups -OCH3 is 1. The second-order valence-electron chi connectivity index (χ2n) is 5.04. The molecule has 0 bridgehead atoms. The molecule has 0 spiro atoms. The summed E-state index contributed by atoms with van der Waals surface area (Å²) in [6.45, 7) is 2.31. The normalized spacial score (nSPS) is 27.6. The Morgan fingerprint density at radius 3 is 2.88 bits per heavy atom. The van der Waals surface area contributed by atoms with Gasteiger partial charge in [0.15, 0.2) is 0 Å². The van der Waals surface area contributed by atoms with E-state index in [4.69, 9.17) is 4.74 Å². The van der Waals surface area contributed by atoms with Crippen molar-refractivity contribution < 1.29 is 4.74 Å². The van der Waals surface area contributed by atoms with Gasteiger partial charge in [-0.15, -0.1) is 11.8 Å². The summed E-state index contributed by atoms with van der Waals surface area (Å²) >= 11 is 1.95. The first kappa shape index (κ1) is 11.4. The van der Waals surface area contributed by atoms with Crippen LogP contribution < -0.4 is 10.1 Å². The van der Waals surface area contributed by atoms with Crippen LogP contribution in [0, 0.1) is 0 Å². The zero-order chi connectivity index (χ0) is 11.8. The molecule has 2 aliphatic rings. The minimum Gasteiger partial charge on any atom is -0.496 e. The maximum atomic E-state index is 5.48.